The summed E-state index contributed by atoms with van der Waals surface area (Å²) in [5.74, 6) is 0. The van der Waals surface area contributed by atoms with Crippen LogP contribution < -0.4 is 0 Å². The van der Waals surface area contributed by atoms with E-state index in [4.69, 9.17) is 10.1 Å². The Morgan fingerprint density at radius 1 is 1.40 bits per heavy atom. The Labute approximate surface area is 90.0 Å². The molecule has 78 valence electrons. The van der Waals surface area contributed by atoms with Crippen LogP contribution >= 0.6 is 0 Å². The maximum absolute atomic E-state index is 8.37. The molecule has 1 aromatic rings. The van der Waals surface area contributed by atoms with Gasteiger partial charge in [-0.1, -0.05) is 35.5 Å². The van der Waals surface area contributed by atoms with E-state index in [0.717, 1.165) is 11.3 Å². The Hall–Kier alpha value is -1.82. The smallest absolute Gasteiger partial charge is 0.142 e. The van der Waals surface area contributed by atoms with Crippen molar-refractivity contribution in [2.45, 2.75) is 26.4 Å². The highest BCUT2D eigenvalue weighted by molar-refractivity contribution is 5.81. The molecule has 0 N–H and O–H groups in total. The van der Waals surface area contributed by atoms with Crippen LogP contribution in [0, 0.1) is 11.3 Å². The molecular formula is C12H14N2O. The Balaban J connectivity index is 2.30. The summed E-state index contributed by atoms with van der Waals surface area (Å²) >= 11 is 0. The maximum atomic E-state index is 8.37. The molecule has 0 aliphatic heterocycles. The second-order valence-corrected chi connectivity index (χ2v) is 3.24. The molecule has 15 heavy (non-hydrogen) atoms. The molecule has 0 unspecified atom stereocenters. The Kier molecular flexibility index (Phi) is 4.96. The van der Waals surface area contributed by atoms with E-state index in [1.165, 1.54) is 0 Å². The summed E-state index contributed by atoms with van der Waals surface area (Å²) in [4.78, 5) is 5.16. The van der Waals surface area contributed by atoms with Gasteiger partial charge in [0.2, 0.25) is 0 Å². The third kappa shape index (κ3) is 4.82. The minimum Gasteiger partial charge on any atom is -0.391 e. The molecule has 0 aliphatic rings. The highest BCUT2D eigenvalue weighted by Gasteiger charge is 1.93. The molecule has 0 saturated carbocycles. The third-order valence-corrected chi connectivity index (χ3v) is 1.89. The highest BCUT2D eigenvalue weighted by Crippen LogP contribution is 2.01. The average Bonchev–Trinajstić information content (AvgIpc) is 2.28. The molecule has 0 fully saturated rings. The van der Waals surface area contributed by atoms with E-state index in [-0.39, 0.29) is 0 Å². The molecule has 0 aliphatic carbocycles. The van der Waals surface area contributed by atoms with Gasteiger partial charge in [-0.2, -0.15) is 5.26 Å². The van der Waals surface area contributed by atoms with Gasteiger partial charge in [-0.3, -0.25) is 0 Å². The summed E-state index contributed by atoms with van der Waals surface area (Å²) in [6.45, 7) is 2.34. The summed E-state index contributed by atoms with van der Waals surface area (Å²) in [6, 6.07) is 11.9. The molecular weight excluding hydrogens is 188 g/mol. The Bertz CT molecular complexity index is 352. The molecule has 3 nitrogen and oxygen atoms in total. The van der Waals surface area contributed by atoms with Gasteiger partial charge in [0.05, 0.1) is 11.8 Å². The fraction of sp³-hybridized carbons (Fsp3) is 0.333. The van der Waals surface area contributed by atoms with Crippen molar-refractivity contribution in [1.82, 2.24) is 0 Å². The third-order valence-electron chi connectivity index (χ3n) is 1.89. The van der Waals surface area contributed by atoms with Crippen molar-refractivity contribution < 1.29 is 4.84 Å². The van der Waals surface area contributed by atoms with Gasteiger partial charge < -0.3 is 4.84 Å². The predicted molar refractivity (Wildman–Crippen MR) is 59.2 cm³/mol. The minimum atomic E-state index is 0.477. The second-order valence-electron chi connectivity index (χ2n) is 3.24. The predicted octanol–water partition coefficient (Wildman–Crippen LogP) is 2.88. The Morgan fingerprint density at radius 3 is 2.80 bits per heavy atom. The van der Waals surface area contributed by atoms with Crippen LogP contribution in [0.3, 0.4) is 0 Å². The lowest BCUT2D eigenvalue weighted by atomic mass is 10.2. The standard InChI is InChI=1S/C12H14N2O/c1-11(6-5-9-13)14-15-10-12-7-3-2-4-8-12/h2-4,7-8H,5-6,10H2,1H3. The van der Waals surface area contributed by atoms with Crippen molar-refractivity contribution in [1.29, 1.82) is 5.26 Å². The highest BCUT2D eigenvalue weighted by atomic mass is 16.6. The topological polar surface area (TPSA) is 45.4 Å². The quantitative estimate of drug-likeness (QED) is 0.544. The van der Waals surface area contributed by atoms with E-state index in [2.05, 4.69) is 11.2 Å². The average molecular weight is 202 g/mol. The van der Waals surface area contributed by atoms with Crippen molar-refractivity contribution in [3.8, 4) is 6.07 Å². The molecule has 0 bridgehead atoms. The number of benzene rings is 1. The van der Waals surface area contributed by atoms with Gasteiger partial charge in [-0.15, -0.1) is 0 Å². The molecule has 1 aromatic carbocycles. The lowest BCUT2D eigenvalue weighted by Gasteiger charge is -2.00. The van der Waals surface area contributed by atoms with E-state index < -0.39 is 0 Å². The Morgan fingerprint density at radius 2 is 2.13 bits per heavy atom. The molecule has 0 saturated heterocycles. The van der Waals surface area contributed by atoms with Gasteiger partial charge in [0.25, 0.3) is 0 Å². The number of hydrogen-bond donors (Lipinski definition) is 0. The molecule has 0 heterocycles. The summed E-state index contributed by atoms with van der Waals surface area (Å²) in [7, 11) is 0. The minimum absolute atomic E-state index is 0.477. The van der Waals surface area contributed by atoms with Crippen molar-refractivity contribution in [2.24, 2.45) is 5.16 Å². The van der Waals surface area contributed by atoms with Crippen LogP contribution in [0.4, 0.5) is 0 Å². The molecule has 0 aromatic heterocycles. The fourth-order valence-corrected chi connectivity index (χ4v) is 1.07. The molecule has 0 spiro atoms. The first-order valence-electron chi connectivity index (χ1n) is 4.89. The number of rotatable bonds is 5. The zero-order valence-corrected chi connectivity index (χ0v) is 8.81. The number of hydrogen-bond acceptors (Lipinski definition) is 3. The van der Waals surface area contributed by atoms with E-state index in [1.807, 2.05) is 37.3 Å². The largest absolute Gasteiger partial charge is 0.391 e. The van der Waals surface area contributed by atoms with Gasteiger partial charge in [0.15, 0.2) is 0 Å². The fourth-order valence-electron chi connectivity index (χ4n) is 1.07. The first kappa shape index (κ1) is 11.3. The van der Waals surface area contributed by atoms with Crippen LogP contribution in [0.15, 0.2) is 35.5 Å². The van der Waals surface area contributed by atoms with Gasteiger partial charge in [-0.05, 0) is 12.5 Å². The normalized spacial score (nSPS) is 10.8. The summed E-state index contributed by atoms with van der Waals surface area (Å²) < 4.78 is 0. The SMILES string of the molecule is CC(CCC#N)=NOCc1ccccc1. The van der Waals surface area contributed by atoms with E-state index in [9.17, 15) is 0 Å². The summed E-state index contributed by atoms with van der Waals surface area (Å²) in [5, 5.41) is 12.3. The zero-order chi connectivity index (χ0) is 10.9. The van der Waals surface area contributed by atoms with Crippen LogP contribution in [0.1, 0.15) is 25.3 Å². The lowest BCUT2D eigenvalue weighted by Crippen LogP contribution is -1.93. The zero-order valence-electron chi connectivity index (χ0n) is 8.81. The first-order valence-corrected chi connectivity index (χ1v) is 4.89. The number of oxime groups is 1. The van der Waals surface area contributed by atoms with Crippen molar-refractivity contribution in [3.63, 3.8) is 0 Å². The molecule has 3 heteroatoms. The molecule has 0 radical (unpaired) electrons. The number of nitrogens with zero attached hydrogens (tertiary/aromatic N) is 2. The van der Waals surface area contributed by atoms with Crippen LogP contribution in [0.25, 0.3) is 0 Å². The van der Waals surface area contributed by atoms with Crippen molar-refractivity contribution in [2.75, 3.05) is 0 Å². The van der Waals surface area contributed by atoms with Crippen molar-refractivity contribution in [3.05, 3.63) is 35.9 Å². The van der Waals surface area contributed by atoms with Crippen LogP contribution in [-0.4, -0.2) is 5.71 Å². The summed E-state index contributed by atoms with van der Waals surface area (Å²) in [6.07, 6.45) is 1.16. The molecule has 1 rings (SSSR count). The van der Waals surface area contributed by atoms with E-state index in [1.54, 1.807) is 0 Å². The lowest BCUT2D eigenvalue weighted by molar-refractivity contribution is 0.129. The maximum Gasteiger partial charge on any atom is 0.142 e. The van der Waals surface area contributed by atoms with Gasteiger partial charge in [0.1, 0.15) is 6.61 Å². The summed E-state index contributed by atoms with van der Waals surface area (Å²) in [5.41, 5.74) is 1.95. The van der Waals surface area contributed by atoms with Gasteiger partial charge >= 0.3 is 0 Å². The second kappa shape index (κ2) is 6.61. The van der Waals surface area contributed by atoms with Gasteiger partial charge in [-0.25, -0.2) is 0 Å². The number of nitriles is 1. The van der Waals surface area contributed by atoms with Crippen LogP contribution in [-0.2, 0) is 11.4 Å². The molecule has 0 amide bonds. The van der Waals surface area contributed by atoms with Crippen molar-refractivity contribution >= 4 is 5.71 Å². The van der Waals surface area contributed by atoms with Gasteiger partial charge in [0, 0.05) is 12.8 Å². The first-order chi connectivity index (χ1) is 7.33. The van der Waals surface area contributed by atoms with Crippen LogP contribution in [0.5, 0.6) is 0 Å². The van der Waals surface area contributed by atoms with E-state index >= 15 is 0 Å². The van der Waals surface area contributed by atoms with E-state index in [0.29, 0.717) is 19.4 Å². The molecule has 0 atom stereocenters. The van der Waals surface area contributed by atoms with Crippen LogP contribution in [0.2, 0.25) is 0 Å². The monoisotopic (exact) mass is 202 g/mol.